The zero-order valence-corrected chi connectivity index (χ0v) is 14.9. The Hall–Kier alpha value is -2.82. The van der Waals surface area contributed by atoms with Crippen molar-refractivity contribution in [2.45, 2.75) is 33.2 Å². The van der Waals surface area contributed by atoms with E-state index in [2.05, 4.69) is 17.4 Å². The molecular weight excluding hydrogens is 316 g/mol. The lowest BCUT2D eigenvalue weighted by Gasteiger charge is -2.20. The molecule has 5 heteroatoms. The summed E-state index contributed by atoms with van der Waals surface area (Å²) in [7, 11) is 1.53. The Bertz CT molecular complexity index is 822. The van der Waals surface area contributed by atoms with Crippen molar-refractivity contribution < 1.29 is 14.3 Å². The van der Waals surface area contributed by atoms with E-state index in [-0.39, 0.29) is 18.2 Å². The van der Waals surface area contributed by atoms with Crippen molar-refractivity contribution >= 4 is 23.2 Å². The maximum atomic E-state index is 12.9. The maximum Gasteiger partial charge on any atom is 0.256 e. The normalized spacial score (nSPS) is 17.1. The molecule has 5 nitrogen and oxygen atoms in total. The van der Waals surface area contributed by atoms with Crippen LogP contribution >= 0.6 is 0 Å². The van der Waals surface area contributed by atoms with Gasteiger partial charge in [-0.3, -0.25) is 9.59 Å². The molecule has 1 fully saturated rings. The number of benzene rings is 2. The van der Waals surface area contributed by atoms with Crippen LogP contribution < -0.4 is 15.0 Å². The first kappa shape index (κ1) is 17.0. The van der Waals surface area contributed by atoms with Gasteiger partial charge in [0.25, 0.3) is 5.91 Å². The summed E-state index contributed by atoms with van der Waals surface area (Å²) in [5.41, 5.74) is 4.70. The molecule has 1 aliphatic rings. The van der Waals surface area contributed by atoms with Crippen LogP contribution in [-0.4, -0.2) is 25.0 Å². The highest BCUT2D eigenvalue weighted by atomic mass is 16.5. The molecule has 0 spiro atoms. The van der Waals surface area contributed by atoms with E-state index in [1.54, 1.807) is 18.2 Å². The third kappa shape index (κ3) is 3.09. The van der Waals surface area contributed by atoms with Crippen molar-refractivity contribution in [3.63, 3.8) is 0 Å². The Morgan fingerprint density at radius 1 is 1.08 bits per heavy atom. The van der Waals surface area contributed by atoms with Crippen LogP contribution in [0.15, 0.2) is 36.4 Å². The molecule has 2 aromatic carbocycles. The fourth-order valence-electron chi connectivity index (χ4n) is 3.39. The highest BCUT2D eigenvalue weighted by Gasteiger charge is 2.41. The number of para-hydroxylation sites is 2. The fourth-order valence-corrected chi connectivity index (χ4v) is 3.39. The lowest BCUT2D eigenvalue weighted by atomic mass is 10.0. The lowest BCUT2D eigenvalue weighted by molar-refractivity contribution is -0.121. The van der Waals surface area contributed by atoms with Gasteiger partial charge in [0.1, 0.15) is 11.8 Å². The minimum Gasteiger partial charge on any atom is -0.495 e. The SMILES string of the molecule is COc1ccccc1N1C(=O)C[C@@H](Nc2c(C)cc(C)cc2C)C1=O. The molecule has 0 aliphatic carbocycles. The van der Waals surface area contributed by atoms with Gasteiger partial charge in [-0.15, -0.1) is 0 Å². The van der Waals surface area contributed by atoms with Gasteiger partial charge in [0.05, 0.1) is 19.2 Å². The van der Waals surface area contributed by atoms with Gasteiger partial charge in [0, 0.05) is 5.69 Å². The number of imide groups is 1. The molecule has 1 saturated heterocycles. The summed E-state index contributed by atoms with van der Waals surface area (Å²) >= 11 is 0. The zero-order chi connectivity index (χ0) is 18.1. The van der Waals surface area contributed by atoms with Crippen molar-refractivity contribution in [1.29, 1.82) is 0 Å². The highest BCUT2D eigenvalue weighted by Crippen LogP contribution is 2.33. The van der Waals surface area contributed by atoms with Crippen LogP contribution in [-0.2, 0) is 9.59 Å². The standard InChI is InChI=1S/C20H22N2O3/c1-12-9-13(2)19(14(3)10-12)21-15-11-18(23)22(20(15)24)16-7-5-6-8-17(16)25-4/h5-10,15,21H,11H2,1-4H3/t15-/m1/s1. The molecular formula is C20H22N2O3. The predicted molar refractivity (Wildman–Crippen MR) is 98.2 cm³/mol. The summed E-state index contributed by atoms with van der Waals surface area (Å²) in [6, 6.07) is 10.6. The van der Waals surface area contributed by atoms with Crippen LogP contribution in [0.25, 0.3) is 0 Å². The third-order valence-electron chi connectivity index (χ3n) is 4.47. The Kier molecular flexibility index (Phi) is 4.49. The number of methoxy groups -OCH3 is 1. The Labute approximate surface area is 147 Å². The molecule has 2 aromatic rings. The Morgan fingerprint density at radius 3 is 2.36 bits per heavy atom. The summed E-state index contributed by atoms with van der Waals surface area (Å²) in [6.45, 7) is 6.04. The average molecular weight is 338 g/mol. The van der Waals surface area contributed by atoms with Crippen LogP contribution in [0.4, 0.5) is 11.4 Å². The summed E-state index contributed by atoms with van der Waals surface area (Å²) in [5, 5.41) is 3.27. The number of nitrogens with zero attached hydrogens (tertiary/aromatic N) is 1. The van der Waals surface area contributed by atoms with Crippen molar-refractivity contribution in [3.8, 4) is 5.75 Å². The van der Waals surface area contributed by atoms with Crippen LogP contribution in [0.3, 0.4) is 0 Å². The number of carbonyl (C=O) groups excluding carboxylic acids is 2. The zero-order valence-electron chi connectivity index (χ0n) is 14.9. The van der Waals surface area contributed by atoms with E-state index in [1.807, 2.05) is 26.8 Å². The van der Waals surface area contributed by atoms with E-state index in [0.29, 0.717) is 11.4 Å². The Morgan fingerprint density at radius 2 is 1.72 bits per heavy atom. The van der Waals surface area contributed by atoms with Crippen LogP contribution in [0.1, 0.15) is 23.1 Å². The first-order chi connectivity index (χ1) is 11.9. The highest BCUT2D eigenvalue weighted by molar-refractivity contribution is 6.23. The lowest BCUT2D eigenvalue weighted by Crippen LogP contribution is -2.35. The number of amides is 2. The van der Waals surface area contributed by atoms with Gasteiger partial charge in [0.2, 0.25) is 5.91 Å². The van der Waals surface area contributed by atoms with Crippen LogP contribution in [0.2, 0.25) is 0 Å². The monoisotopic (exact) mass is 338 g/mol. The summed E-state index contributed by atoms with van der Waals surface area (Å²) < 4.78 is 5.29. The summed E-state index contributed by atoms with van der Waals surface area (Å²) in [6.07, 6.45) is 0.129. The van der Waals surface area contributed by atoms with Crippen LogP contribution in [0.5, 0.6) is 5.75 Å². The van der Waals surface area contributed by atoms with Crippen molar-refractivity contribution in [2.75, 3.05) is 17.3 Å². The van der Waals surface area contributed by atoms with Gasteiger partial charge < -0.3 is 10.1 Å². The number of anilines is 2. The largest absolute Gasteiger partial charge is 0.495 e. The van der Waals surface area contributed by atoms with Crippen LogP contribution in [0, 0.1) is 20.8 Å². The molecule has 2 amide bonds. The van der Waals surface area contributed by atoms with Gasteiger partial charge in [-0.1, -0.05) is 29.8 Å². The molecule has 25 heavy (non-hydrogen) atoms. The van der Waals surface area contributed by atoms with E-state index in [4.69, 9.17) is 4.74 Å². The quantitative estimate of drug-likeness (QED) is 0.869. The average Bonchev–Trinajstić information content (AvgIpc) is 2.84. The van der Waals surface area contributed by atoms with Gasteiger partial charge in [-0.05, 0) is 44.0 Å². The molecule has 0 saturated carbocycles. The second kappa shape index (κ2) is 6.59. The molecule has 1 atom stereocenters. The van der Waals surface area contributed by atoms with Crippen molar-refractivity contribution in [2.24, 2.45) is 0 Å². The Balaban J connectivity index is 1.90. The van der Waals surface area contributed by atoms with Gasteiger partial charge >= 0.3 is 0 Å². The second-order valence-electron chi connectivity index (χ2n) is 6.41. The fraction of sp³-hybridized carbons (Fsp3) is 0.300. The van der Waals surface area contributed by atoms with E-state index >= 15 is 0 Å². The minimum absolute atomic E-state index is 0.129. The first-order valence-electron chi connectivity index (χ1n) is 8.26. The summed E-state index contributed by atoms with van der Waals surface area (Å²) in [5.74, 6) is 0.0239. The number of hydrogen-bond acceptors (Lipinski definition) is 4. The third-order valence-corrected chi connectivity index (χ3v) is 4.47. The van der Waals surface area contributed by atoms with Gasteiger partial charge in [0.15, 0.2) is 0 Å². The molecule has 0 aromatic heterocycles. The molecule has 0 bridgehead atoms. The van der Waals surface area contributed by atoms with E-state index < -0.39 is 6.04 Å². The number of hydrogen-bond donors (Lipinski definition) is 1. The number of carbonyl (C=O) groups is 2. The molecule has 1 heterocycles. The first-order valence-corrected chi connectivity index (χ1v) is 8.26. The minimum atomic E-state index is -0.572. The van der Waals surface area contributed by atoms with E-state index in [0.717, 1.165) is 16.8 Å². The van der Waals surface area contributed by atoms with Gasteiger partial charge in [-0.2, -0.15) is 0 Å². The summed E-state index contributed by atoms with van der Waals surface area (Å²) in [4.78, 5) is 26.6. The molecule has 0 unspecified atom stereocenters. The number of nitrogens with one attached hydrogen (secondary N) is 1. The molecule has 3 rings (SSSR count). The molecule has 1 N–H and O–H groups in total. The number of rotatable bonds is 4. The smallest absolute Gasteiger partial charge is 0.256 e. The van der Waals surface area contributed by atoms with E-state index in [9.17, 15) is 9.59 Å². The predicted octanol–water partition coefficient (Wildman–Crippen LogP) is 3.36. The topological polar surface area (TPSA) is 58.6 Å². The maximum absolute atomic E-state index is 12.9. The molecule has 0 radical (unpaired) electrons. The number of ether oxygens (including phenoxy) is 1. The second-order valence-corrected chi connectivity index (χ2v) is 6.41. The molecule has 130 valence electrons. The van der Waals surface area contributed by atoms with E-state index in [1.165, 1.54) is 17.6 Å². The molecule has 1 aliphatic heterocycles. The number of aryl methyl sites for hydroxylation is 3. The van der Waals surface area contributed by atoms with Gasteiger partial charge in [-0.25, -0.2) is 4.90 Å². The van der Waals surface area contributed by atoms with Crippen molar-refractivity contribution in [3.05, 3.63) is 53.1 Å². The van der Waals surface area contributed by atoms with Crippen molar-refractivity contribution in [1.82, 2.24) is 0 Å².